The van der Waals surface area contributed by atoms with E-state index in [1.54, 1.807) is 12.1 Å². The molecule has 0 unspecified atom stereocenters. The number of amides is 1. The van der Waals surface area contributed by atoms with Crippen molar-refractivity contribution in [3.8, 4) is 0 Å². The van der Waals surface area contributed by atoms with Gasteiger partial charge in [0.2, 0.25) is 0 Å². The summed E-state index contributed by atoms with van der Waals surface area (Å²) in [6, 6.07) is 6.20. The third kappa shape index (κ3) is 4.41. The van der Waals surface area contributed by atoms with Crippen LogP contribution >= 0.6 is 0 Å². The number of hydrogen-bond donors (Lipinski definition) is 2. The maximum atomic E-state index is 11.6. The van der Waals surface area contributed by atoms with Crippen molar-refractivity contribution < 1.29 is 22.5 Å². The highest BCUT2D eigenvalue weighted by Gasteiger charge is 2.14. The summed E-state index contributed by atoms with van der Waals surface area (Å²) >= 11 is 0. The Balaban J connectivity index is 2.57. The average molecular weight is 259 g/mol. The van der Waals surface area contributed by atoms with E-state index in [0.717, 1.165) is 5.56 Å². The lowest BCUT2D eigenvalue weighted by atomic mass is 10.2. The van der Waals surface area contributed by atoms with E-state index in [2.05, 4.69) is 4.18 Å². The van der Waals surface area contributed by atoms with Crippen molar-refractivity contribution in [3.63, 3.8) is 0 Å². The SMILES string of the molecule is Cc1ccc(S(=O)(=O)OCCNC(=O)O)cc1. The number of carbonyl (C=O) groups is 1. The lowest BCUT2D eigenvalue weighted by molar-refractivity contribution is 0.191. The molecule has 1 aromatic rings. The van der Waals surface area contributed by atoms with Crippen LogP contribution in [0.2, 0.25) is 0 Å². The molecule has 0 aliphatic rings. The van der Waals surface area contributed by atoms with Gasteiger partial charge in [-0.1, -0.05) is 17.7 Å². The Labute approximate surface area is 99.3 Å². The van der Waals surface area contributed by atoms with Gasteiger partial charge in [0.1, 0.15) is 0 Å². The van der Waals surface area contributed by atoms with Crippen LogP contribution in [0.5, 0.6) is 0 Å². The molecule has 1 amide bonds. The first-order valence-corrected chi connectivity index (χ1v) is 6.25. The first kappa shape index (κ1) is 13.5. The fourth-order valence-electron chi connectivity index (χ4n) is 1.08. The van der Waals surface area contributed by atoms with Crippen molar-refractivity contribution in [2.75, 3.05) is 13.2 Å². The molecule has 17 heavy (non-hydrogen) atoms. The highest BCUT2D eigenvalue weighted by molar-refractivity contribution is 7.86. The van der Waals surface area contributed by atoms with Crippen LogP contribution in [0.15, 0.2) is 29.2 Å². The van der Waals surface area contributed by atoms with Crippen LogP contribution in [0.4, 0.5) is 4.79 Å². The minimum atomic E-state index is -3.81. The van der Waals surface area contributed by atoms with E-state index in [4.69, 9.17) is 5.11 Å². The summed E-state index contributed by atoms with van der Waals surface area (Å²) in [5, 5.41) is 10.3. The molecular weight excluding hydrogens is 246 g/mol. The normalized spacial score (nSPS) is 11.1. The van der Waals surface area contributed by atoms with Gasteiger partial charge in [-0.3, -0.25) is 4.18 Å². The van der Waals surface area contributed by atoms with Gasteiger partial charge in [0, 0.05) is 6.54 Å². The molecule has 0 radical (unpaired) electrons. The molecule has 94 valence electrons. The molecule has 0 heterocycles. The number of aryl methyl sites for hydroxylation is 1. The maximum absolute atomic E-state index is 11.6. The van der Waals surface area contributed by atoms with Crippen molar-refractivity contribution in [1.29, 1.82) is 0 Å². The standard InChI is InChI=1S/C10H13NO5S/c1-8-2-4-9(5-3-8)17(14,15)16-7-6-11-10(12)13/h2-5,11H,6-7H2,1H3,(H,12,13). The summed E-state index contributed by atoms with van der Waals surface area (Å²) in [4.78, 5) is 10.2. The van der Waals surface area contributed by atoms with Crippen LogP contribution in [0, 0.1) is 6.92 Å². The molecule has 0 aliphatic carbocycles. The summed E-state index contributed by atoms with van der Waals surface area (Å²) in [5.41, 5.74) is 0.941. The zero-order valence-electron chi connectivity index (χ0n) is 9.21. The minimum Gasteiger partial charge on any atom is -0.465 e. The van der Waals surface area contributed by atoms with Crippen LogP contribution in [-0.2, 0) is 14.3 Å². The average Bonchev–Trinajstić information content (AvgIpc) is 2.25. The van der Waals surface area contributed by atoms with Crippen LogP contribution in [0.1, 0.15) is 5.56 Å². The molecule has 0 bridgehead atoms. The highest BCUT2D eigenvalue weighted by atomic mass is 32.2. The summed E-state index contributed by atoms with van der Waals surface area (Å²) in [6.45, 7) is 1.52. The van der Waals surface area contributed by atoms with Gasteiger partial charge in [-0.15, -0.1) is 0 Å². The van der Waals surface area contributed by atoms with Crippen molar-refractivity contribution in [2.45, 2.75) is 11.8 Å². The van der Waals surface area contributed by atoms with Crippen LogP contribution < -0.4 is 5.32 Å². The molecular formula is C10H13NO5S. The summed E-state index contributed by atoms with van der Waals surface area (Å²) in [7, 11) is -3.81. The Morgan fingerprint density at radius 3 is 2.47 bits per heavy atom. The Hall–Kier alpha value is -1.60. The third-order valence-electron chi connectivity index (χ3n) is 1.93. The fraction of sp³-hybridized carbons (Fsp3) is 0.300. The molecule has 6 nitrogen and oxygen atoms in total. The van der Waals surface area contributed by atoms with E-state index in [9.17, 15) is 13.2 Å². The van der Waals surface area contributed by atoms with Gasteiger partial charge in [0.05, 0.1) is 11.5 Å². The molecule has 7 heteroatoms. The van der Waals surface area contributed by atoms with Gasteiger partial charge in [-0.05, 0) is 19.1 Å². The highest BCUT2D eigenvalue weighted by Crippen LogP contribution is 2.12. The molecule has 0 spiro atoms. The van der Waals surface area contributed by atoms with Crippen LogP contribution in [0.25, 0.3) is 0 Å². The minimum absolute atomic E-state index is 0.0541. The predicted molar refractivity (Wildman–Crippen MR) is 60.3 cm³/mol. The number of hydrogen-bond acceptors (Lipinski definition) is 4. The van der Waals surface area contributed by atoms with E-state index in [1.165, 1.54) is 12.1 Å². The fourth-order valence-corrected chi connectivity index (χ4v) is 1.99. The van der Waals surface area contributed by atoms with Crippen LogP contribution in [0.3, 0.4) is 0 Å². The number of benzene rings is 1. The van der Waals surface area contributed by atoms with E-state index in [0.29, 0.717) is 0 Å². The molecule has 1 rings (SSSR count). The number of carboxylic acid groups (broad SMARTS) is 1. The number of rotatable bonds is 5. The first-order valence-electron chi connectivity index (χ1n) is 4.85. The zero-order valence-corrected chi connectivity index (χ0v) is 10.0. The van der Waals surface area contributed by atoms with Crippen molar-refractivity contribution in [3.05, 3.63) is 29.8 Å². The van der Waals surface area contributed by atoms with Gasteiger partial charge < -0.3 is 10.4 Å². The summed E-state index contributed by atoms with van der Waals surface area (Å²) in [6.07, 6.45) is -1.22. The summed E-state index contributed by atoms with van der Waals surface area (Å²) < 4.78 is 27.8. The van der Waals surface area contributed by atoms with E-state index in [-0.39, 0.29) is 18.0 Å². The molecule has 0 aromatic heterocycles. The lowest BCUT2D eigenvalue weighted by Crippen LogP contribution is -2.26. The Kier molecular flexibility index (Phi) is 4.47. The molecule has 1 aromatic carbocycles. The third-order valence-corrected chi connectivity index (χ3v) is 3.25. The lowest BCUT2D eigenvalue weighted by Gasteiger charge is -2.05. The van der Waals surface area contributed by atoms with Crippen molar-refractivity contribution in [2.24, 2.45) is 0 Å². The van der Waals surface area contributed by atoms with Gasteiger partial charge in [-0.25, -0.2) is 4.79 Å². The zero-order chi connectivity index (χ0) is 12.9. The largest absolute Gasteiger partial charge is 0.465 e. The second kappa shape index (κ2) is 5.65. The Morgan fingerprint density at radius 2 is 1.94 bits per heavy atom. The van der Waals surface area contributed by atoms with Gasteiger partial charge >= 0.3 is 6.09 Å². The van der Waals surface area contributed by atoms with Crippen molar-refractivity contribution in [1.82, 2.24) is 5.32 Å². The molecule has 0 aliphatic heterocycles. The van der Waals surface area contributed by atoms with Crippen molar-refractivity contribution >= 4 is 16.2 Å². The predicted octanol–water partition coefficient (Wildman–Crippen LogP) is 0.968. The van der Waals surface area contributed by atoms with E-state index in [1.807, 2.05) is 12.2 Å². The number of nitrogens with one attached hydrogen (secondary N) is 1. The van der Waals surface area contributed by atoms with Gasteiger partial charge in [0.25, 0.3) is 10.1 Å². The Bertz CT molecular complexity index is 480. The van der Waals surface area contributed by atoms with Gasteiger partial charge in [-0.2, -0.15) is 8.42 Å². The molecule has 0 saturated carbocycles. The molecule has 0 atom stereocenters. The second-order valence-corrected chi connectivity index (χ2v) is 4.94. The molecule has 0 fully saturated rings. The summed E-state index contributed by atoms with van der Waals surface area (Å²) in [5.74, 6) is 0. The van der Waals surface area contributed by atoms with E-state index >= 15 is 0 Å². The van der Waals surface area contributed by atoms with E-state index < -0.39 is 16.2 Å². The monoisotopic (exact) mass is 259 g/mol. The topological polar surface area (TPSA) is 92.7 Å². The smallest absolute Gasteiger partial charge is 0.404 e. The van der Waals surface area contributed by atoms with Gasteiger partial charge in [0.15, 0.2) is 0 Å². The molecule has 0 saturated heterocycles. The van der Waals surface area contributed by atoms with Crippen LogP contribution in [-0.4, -0.2) is 32.8 Å². The quantitative estimate of drug-likeness (QED) is 0.607. The maximum Gasteiger partial charge on any atom is 0.404 e. The molecule has 2 N–H and O–H groups in total. The second-order valence-electron chi connectivity index (χ2n) is 3.32. The Morgan fingerprint density at radius 1 is 1.35 bits per heavy atom. The first-order chi connectivity index (χ1) is 7.92.